The van der Waals surface area contributed by atoms with Crippen molar-refractivity contribution in [2.75, 3.05) is 0 Å². The highest BCUT2D eigenvalue weighted by molar-refractivity contribution is 9.10. The van der Waals surface area contributed by atoms with E-state index in [-0.39, 0.29) is 11.1 Å². The summed E-state index contributed by atoms with van der Waals surface area (Å²) in [6, 6.07) is 6.12. The van der Waals surface area contributed by atoms with Crippen LogP contribution in [0.15, 0.2) is 34.8 Å². The van der Waals surface area contributed by atoms with Crippen LogP contribution in [0.4, 0.5) is 14.5 Å². The molecule has 2 aromatic carbocycles. The highest BCUT2D eigenvalue weighted by Crippen LogP contribution is 2.36. The monoisotopic (exact) mass is 421 g/mol. The predicted molar refractivity (Wildman–Crippen MR) is 79.9 cm³/mol. The molecule has 2 aromatic rings. The summed E-state index contributed by atoms with van der Waals surface area (Å²) >= 11 is 6.17. The predicted octanol–water partition coefficient (Wildman–Crippen LogP) is 5.32. The zero-order valence-corrected chi connectivity index (χ0v) is 13.4. The number of hydrogen-bond acceptors (Lipinski definition) is 3. The summed E-state index contributed by atoms with van der Waals surface area (Å²) in [4.78, 5) is 10.3. The fraction of sp³-hybridized carbons (Fsp3) is 0.0769. The second kappa shape index (κ2) is 6.48. The Hall–Kier alpha value is -1.54. The highest BCUT2D eigenvalue weighted by Gasteiger charge is 2.20. The van der Waals surface area contributed by atoms with Gasteiger partial charge in [0.05, 0.1) is 4.92 Å². The molecular formula is C13H7Br2F2NO3. The average Bonchev–Trinajstić information content (AvgIpc) is 2.43. The molecule has 0 unspecified atom stereocenters. The molecular weight excluding hydrogens is 416 g/mol. The summed E-state index contributed by atoms with van der Waals surface area (Å²) < 4.78 is 33.2. The third-order valence-electron chi connectivity index (χ3n) is 2.54. The van der Waals surface area contributed by atoms with Crippen LogP contribution in [-0.2, 0) is 5.33 Å². The molecule has 8 heteroatoms. The average molecular weight is 423 g/mol. The Morgan fingerprint density at radius 1 is 1.19 bits per heavy atom. The van der Waals surface area contributed by atoms with Gasteiger partial charge in [-0.25, -0.2) is 8.78 Å². The van der Waals surface area contributed by atoms with Gasteiger partial charge in [0.25, 0.3) is 0 Å². The highest BCUT2D eigenvalue weighted by atomic mass is 79.9. The molecule has 0 aliphatic heterocycles. The van der Waals surface area contributed by atoms with Gasteiger partial charge in [-0.1, -0.05) is 31.9 Å². The minimum Gasteiger partial charge on any atom is -0.444 e. The molecule has 0 saturated heterocycles. The van der Waals surface area contributed by atoms with E-state index in [2.05, 4.69) is 31.9 Å². The first-order chi connectivity index (χ1) is 9.92. The number of nitro groups is 1. The maximum Gasteiger partial charge on any atom is 0.312 e. The standard InChI is InChI=1S/C13H7Br2F2NO3/c14-6-7-3-9(16)13(10(17)4-7)21-12-2-1-8(15)5-11(12)18(19)20/h1-5H,6H2. The largest absolute Gasteiger partial charge is 0.444 e. The molecule has 0 aromatic heterocycles. The van der Waals surface area contributed by atoms with Crippen LogP contribution in [0.2, 0.25) is 0 Å². The van der Waals surface area contributed by atoms with E-state index in [1.54, 1.807) is 0 Å². The Balaban J connectivity index is 2.46. The number of alkyl halides is 1. The Labute approximate surface area is 135 Å². The SMILES string of the molecule is O=[N+]([O-])c1cc(Br)ccc1Oc1c(F)cc(CBr)cc1F. The van der Waals surface area contributed by atoms with Gasteiger partial charge in [0, 0.05) is 15.9 Å². The van der Waals surface area contributed by atoms with Crippen molar-refractivity contribution in [3.63, 3.8) is 0 Å². The number of ether oxygens (including phenoxy) is 1. The van der Waals surface area contributed by atoms with Crippen molar-refractivity contribution in [1.29, 1.82) is 0 Å². The minimum absolute atomic E-state index is 0.243. The molecule has 0 atom stereocenters. The summed E-state index contributed by atoms with van der Waals surface area (Å²) in [6.07, 6.45) is 0. The Kier molecular flexibility index (Phi) is 4.89. The number of hydrogen-bond donors (Lipinski definition) is 0. The second-order valence-electron chi connectivity index (χ2n) is 3.99. The molecule has 110 valence electrons. The zero-order chi connectivity index (χ0) is 15.6. The van der Waals surface area contributed by atoms with E-state index in [1.807, 2.05) is 0 Å². The van der Waals surface area contributed by atoms with Gasteiger partial charge in [-0.05, 0) is 29.8 Å². The van der Waals surface area contributed by atoms with Crippen LogP contribution in [0, 0.1) is 21.7 Å². The van der Waals surface area contributed by atoms with Gasteiger partial charge >= 0.3 is 5.69 Å². The lowest BCUT2D eigenvalue weighted by molar-refractivity contribution is -0.385. The molecule has 0 bridgehead atoms. The molecule has 0 fully saturated rings. The maximum absolute atomic E-state index is 13.8. The molecule has 0 aliphatic carbocycles. The molecule has 21 heavy (non-hydrogen) atoms. The van der Waals surface area contributed by atoms with Gasteiger partial charge in [0.1, 0.15) is 0 Å². The Bertz CT molecular complexity index is 687. The molecule has 0 heterocycles. The van der Waals surface area contributed by atoms with Crippen molar-refractivity contribution >= 4 is 37.5 Å². The van der Waals surface area contributed by atoms with Gasteiger partial charge in [0.2, 0.25) is 5.75 Å². The number of nitrogens with zero attached hydrogens (tertiary/aromatic N) is 1. The van der Waals surface area contributed by atoms with Crippen LogP contribution in [0.1, 0.15) is 5.56 Å². The minimum atomic E-state index is -0.929. The summed E-state index contributed by atoms with van der Waals surface area (Å²) in [5.74, 6) is -2.78. The topological polar surface area (TPSA) is 52.4 Å². The fourth-order valence-corrected chi connectivity index (χ4v) is 2.29. The third-order valence-corrected chi connectivity index (χ3v) is 3.68. The first kappa shape index (κ1) is 15.8. The van der Waals surface area contributed by atoms with Crippen LogP contribution in [0.3, 0.4) is 0 Å². The van der Waals surface area contributed by atoms with Gasteiger partial charge in [0.15, 0.2) is 17.4 Å². The first-order valence-corrected chi connectivity index (χ1v) is 7.49. The first-order valence-electron chi connectivity index (χ1n) is 5.58. The zero-order valence-electron chi connectivity index (χ0n) is 10.3. The molecule has 0 radical (unpaired) electrons. The van der Waals surface area contributed by atoms with E-state index >= 15 is 0 Å². The van der Waals surface area contributed by atoms with Crippen molar-refractivity contribution < 1.29 is 18.4 Å². The van der Waals surface area contributed by atoms with Gasteiger partial charge in [-0.15, -0.1) is 0 Å². The molecule has 0 amide bonds. The van der Waals surface area contributed by atoms with Crippen LogP contribution in [-0.4, -0.2) is 4.92 Å². The molecule has 0 aliphatic rings. The second-order valence-corrected chi connectivity index (χ2v) is 5.47. The number of benzene rings is 2. The number of nitro benzene ring substituents is 1. The maximum atomic E-state index is 13.8. The van der Waals surface area contributed by atoms with Crippen LogP contribution in [0.25, 0.3) is 0 Å². The third kappa shape index (κ3) is 3.56. The van der Waals surface area contributed by atoms with Crippen molar-refractivity contribution in [1.82, 2.24) is 0 Å². The normalized spacial score (nSPS) is 10.5. The van der Waals surface area contributed by atoms with E-state index < -0.39 is 28.0 Å². The van der Waals surface area contributed by atoms with E-state index in [1.165, 1.54) is 18.2 Å². The Morgan fingerprint density at radius 2 is 1.81 bits per heavy atom. The van der Waals surface area contributed by atoms with Crippen molar-refractivity contribution in [3.05, 3.63) is 62.1 Å². The van der Waals surface area contributed by atoms with E-state index in [4.69, 9.17) is 4.74 Å². The smallest absolute Gasteiger partial charge is 0.312 e. The van der Waals surface area contributed by atoms with Crippen LogP contribution in [0.5, 0.6) is 11.5 Å². The van der Waals surface area contributed by atoms with Gasteiger partial charge < -0.3 is 4.74 Å². The summed E-state index contributed by atoms with van der Waals surface area (Å²) in [7, 11) is 0. The van der Waals surface area contributed by atoms with Crippen LogP contribution >= 0.6 is 31.9 Å². The summed E-state index contributed by atoms with van der Waals surface area (Å²) in [5, 5.41) is 11.2. The number of halogens is 4. The van der Waals surface area contributed by atoms with E-state index in [0.717, 1.165) is 12.1 Å². The Morgan fingerprint density at radius 3 is 2.33 bits per heavy atom. The van der Waals surface area contributed by atoms with Crippen molar-refractivity contribution in [2.24, 2.45) is 0 Å². The molecule has 0 spiro atoms. The lowest BCUT2D eigenvalue weighted by Gasteiger charge is -2.09. The van der Waals surface area contributed by atoms with Gasteiger partial charge in [-0.2, -0.15) is 0 Å². The van der Waals surface area contributed by atoms with Crippen LogP contribution < -0.4 is 4.74 Å². The lowest BCUT2D eigenvalue weighted by atomic mass is 10.2. The molecule has 0 saturated carbocycles. The van der Waals surface area contributed by atoms with Crippen molar-refractivity contribution in [2.45, 2.75) is 5.33 Å². The molecule has 2 rings (SSSR count). The lowest BCUT2D eigenvalue weighted by Crippen LogP contribution is -1.98. The van der Waals surface area contributed by atoms with Gasteiger partial charge in [-0.3, -0.25) is 10.1 Å². The summed E-state index contributed by atoms with van der Waals surface area (Å²) in [6.45, 7) is 0. The summed E-state index contributed by atoms with van der Waals surface area (Å²) in [5.41, 5.74) is -0.00426. The van der Waals surface area contributed by atoms with Crippen molar-refractivity contribution in [3.8, 4) is 11.5 Å². The van der Waals surface area contributed by atoms with E-state index in [0.29, 0.717) is 10.0 Å². The quantitative estimate of drug-likeness (QED) is 0.380. The fourth-order valence-electron chi connectivity index (χ4n) is 1.62. The molecule has 4 nitrogen and oxygen atoms in total. The number of rotatable bonds is 4. The molecule has 0 N–H and O–H groups in total. The van der Waals surface area contributed by atoms with E-state index in [9.17, 15) is 18.9 Å².